The summed E-state index contributed by atoms with van der Waals surface area (Å²) in [6.45, 7) is 0.298. The molecule has 0 unspecified atom stereocenters. The van der Waals surface area contributed by atoms with Crippen LogP contribution in [-0.2, 0) is 6.54 Å². The van der Waals surface area contributed by atoms with Gasteiger partial charge in [-0.05, 0) is 24.3 Å². The molecule has 0 spiro atoms. The summed E-state index contributed by atoms with van der Waals surface area (Å²) in [5.74, 6) is -0.281. The van der Waals surface area contributed by atoms with E-state index in [1.807, 2.05) is 0 Å². The second kappa shape index (κ2) is 8.07. The lowest BCUT2D eigenvalue weighted by Gasteiger charge is -2.07. The van der Waals surface area contributed by atoms with Crippen molar-refractivity contribution in [1.29, 1.82) is 0 Å². The predicted molar refractivity (Wildman–Crippen MR) is 107 cm³/mol. The summed E-state index contributed by atoms with van der Waals surface area (Å²) in [5, 5.41) is 8.61. The van der Waals surface area contributed by atoms with Crippen LogP contribution in [0.2, 0.25) is 25.1 Å². The van der Waals surface area contributed by atoms with E-state index in [1.165, 1.54) is 4.68 Å². The van der Waals surface area contributed by atoms with E-state index in [2.05, 4.69) is 10.4 Å². The summed E-state index contributed by atoms with van der Waals surface area (Å²) in [4.78, 5) is 12.4. The summed E-state index contributed by atoms with van der Waals surface area (Å²) in [7, 11) is 0. The van der Waals surface area contributed by atoms with Crippen LogP contribution in [0, 0.1) is 0 Å². The molecule has 0 saturated carbocycles. The van der Waals surface area contributed by atoms with Gasteiger partial charge in [0.25, 0.3) is 5.91 Å². The van der Waals surface area contributed by atoms with E-state index in [-0.39, 0.29) is 26.4 Å². The van der Waals surface area contributed by atoms with Crippen molar-refractivity contribution in [1.82, 2.24) is 9.78 Å². The Kier molecular flexibility index (Phi) is 6.00. The van der Waals surface area contributed by atoms with Gasteiger partial charge in [0.15, 0.2) is 5.82 Å². The topological polar surface area (TPSA) is 46.9 Å². The molecule has 9 heteroatoms. The largest absolute Gasteiger partial charge is 0.304 e. The molecular weight excluding hydrogens is 439 g/mol. The zero-order valence-electron chi connectivity index (χ0n) is 12.9. The number of carbonyl (C=O) groups is 1. The van der Waals surface area contributed by atoms with Gasteiger partial charge in [0.05, 0.1) is 22.2 Å². The summed E-state index contributed by atoms with van der Waals surface area (Å²) >= 11 is 30.5. The third-order valence-electron chi connectivity index (χ3n) is 3.53. The number of hydrogen-bond donors (Lipinski definition) is 1. The Morgan fingerprint density at radius 2 is 1.54 bits per heavy atom. The number of nitrogens with one attached hydrogen (secondary N) is 1. The number of amides is 1. The van der Waals surface area contributed by atoms with Crippen molar-refractivity contribution in [2.75, 3.05) is 5.32 Å². The Bertz CT molecular complexity index is 966. The first-order chi connectivity index (χ1) is 12.4. The Labute approximate surface area is 174 Å². The Hall–Kier alpha value is -1.43. The van der Waals surface area contributed by atoms with Gasteiger partial charge in [-0.25, -0.2) is 0 Å². The highest BCUT2D eigenvalue weighted by Gasteiger charge is 2.17. The van der Waals surface area contributed by atoms with E-state index in [9.17, 15) is 4.79 Å². The number of nitrogens with zero attached hydrogens (tertiary/aromatic N) is 2. The standard InChI is InChI=1S/C17H10Cl5N3O/c18-11-4-2-5-12(19)10(11)7-25-8-14(21)16(24-25)23-17(26)9-3-1-6-13(20)15(9)22/h1-6,8H,7H2,(H,23,24,26). The zero-order valence-corrected chi connectivity index (χ0v) is 16.7. The lowest BCUT2D eigenvalue weighted by molar-refractivity contribution is 0.102. The predicted octanol–water partition coefficient (Wildman–Crippen LogP) is 6.45. The van der Waals surface area contributed by atoms with Gasteiger partial charge >= 0.3 is 0 Å². The molecule has 0 saturated heterocycles. The van der Waals surface area contributed by atoms with Crippen LogP contribution < -0.4 is 5.32 Å². The Balaban J connectivity index is 1.82. The maximum atomic E-state index is 12.4. The molecule has 0 aliphatic carbocycles. The van der Waals surface area contributed by atoms with E-state index < -0.39 is 5.91 Å². The van der Waals surface area contributed by atoms with Gasteiger partial charge < -0.3 is 5.32 Å². The van der Waals surface area contributed by atoms with Crippen molar-refractivity contribution in [3.8, 4) is 0 Å². The monoisotopic (exact) mass is 447 g/mol. The first-order valence-corrected chi connectivity index (χ1v) is 9.17. The van der Waals surface area contributed by atoms with Crippen LogP contribution in [0.3, 0.4) is 0 Å². The minimum atomic E-state index is -0.472. The van der Waals surface area contributed by atoms with Crippen LogP contribution in [0.1, 0.15) is 15.9 Å². The van der Waals surface area contributed by atoms with Gasteiger partial charge in [-0.3, -0.25) is 9.48 Å². The number of rotatable bonds is 4. The van der Waals surface area contributed by atoms with Gasteiger partial charge in [-0.15, -0.1) is 0 Å². The maximum Gasteiger partial charge on any atom is 0.258 e. The van der Waals surface area contributed by atoms with E-state index in [4.69, 9.17) is 58.0 Å². The van der Waals surface area contributed by atoms with Crippen molar-refractivity contribution in [2.45, 2.75) is 6.54 Å². The molecule has 0 bridgehead atoms. The van der Waals surface area contributed by atoms with Crippen LogP contribution in [0.4, 0.5) is 5.82 Å². The van der Waals surface area contributed by atoms with Crippen molar-refractivity contribution >= 4 is 69.7 Å². The number of carbonyl (C=O) groups excluding carboxylic acids is 1. The van der Waals surface area contributed by atoms with Gasteiger partial charge in [0.2, 0.25) is 0 Å². The number of aromatic nitrogens is 2. The lowest BCUT2D eigenvalue weighted by atomic mass is 10.2. The minimum Gasteiger partial charge on any atom is -0.304 e. The van der Waals surface area contributed by atoms with Gasteiger partial charge in [0.1, 0.15) is 5.02 Å². The molecule has 134 valence electrons. The molecular formula is C17H10Cl5N3O. The van der Waals surface area contributed by atoms with Crippen molar-refractivity contribution in [3.05, 3.63) is 78.8 Å². The van der Waals surface area contributed by atoms with E-state index in [0.29, 0.717) is 22.2 Å². The van der Waals surface area contributed by atoms with Crippen LogP contribution in [-0.4, -0.2) is 15.7 Å². The average Bonchev–Trinajstić information content (AvgIpc) is 2.93. The first kappa shape index (κ1) is 19.3. The van der Waals surface area contributed by atoms with Crippen LogP contribution in [0.25, 0.3) is 0 Å². The Morgan fingerprint density at radius 1 is 0.923 bits per heavy atom. The third kappa shape index (κ3) is 4.11. The van der Waals surface area contributed by atoms with Gasteiger partial charge in [-0.2, -0.15) is 5.10 Å². The number of hydrogen-bond acceptors (Lipinski definition) is 2. The van der Waals surface area contributed by atoms with Gasteiger partial charge in [-0.1, -0.05) is 70.1 Å². The lowest BCUT2D eigenvalue weighted by Crippen LogP contribution is -2.14. The average molecular weight is 450 g/mol. The maximum absolute atomic E-state index is 12.4. The summed E-state index contributed by atoms with van der Waals surface area (Å²) in [6.07, 6.45) is 1.57. The number of halogens is 5. The normalized spacial score (nSPS) is 10.8. The fourth-order valence-corrected chi connectivity index (χ4v) is 3.36. The second-order valence-corrected chi connectivity index (χ2v) is 7.29. The van der Waals surface area contributed by atoms with E-state index >= 15 is 0 Å². The summed E-state index contributed by atoms with van der Waals surface area (Å²) < 4.78 is 1.53. The highest BCUT2D eigenvalue weighted by molar-refractivity contribution is 6.44. The molecule has 4 nitrogen and oxygen atoms in total. The quantitative estimate of drug-likeness (QED) is 0.497. The molecule has 0 aliphatic rings. The molecule has 3 rings (SSSR count). The first-order valence-electron chi connectivity index (χ1n) is 7.28. The molecule has 1 aromatic heterocycles. The molecule has 1 heterocycles. The van der Waals surface area contributed by atoms with E-state index in [1.54, 1.807) is 42.6 Å². The highest BCUT2D eigenvalue weighted by atomic mass is 35.5. The molecule has 0 aliphatic heterocycles. The minimum absolute atomic E-state index is 0.157. The molecule has 0 radical (unpaired) electrons. The van der Waals surface area contributed by atoms with Gasteiger partial charge in [0, 0.05) is 21.8 Å². The van der Waals surface area contributed by atoms with Crippen LogP contribution >= 0.6 is 58.0 Å². The van der Waals surface area contributed by atoms with Crippen LogP contribution in [0.5, 0.6) is 0 Å². The number of benzene rings is 2. The van der Waals surface area contributed by atoms with Crippen molar-refractivity contribution < 1.29 is 4.79 Å². The van der Waals surface area contributed by atoms with Crippen molar-refractivity contribution in [2.24, 2.45) is 0 Å². The van der Waals surface area contributed by atoms with Crippen molar-refractivity contribution in [3.63, 3.8) is 0 Å². The smallest absolute Gasteiger partial charge is 0.258 e. The molecule has 26 heavy (non-hydrogen) atoms. The summed E-state index contributed by atoms with van der Waals surface area (Å²) in [5.41, 5.74) is 0.921. The molecule has 3 aromatic rings. The van der Waals surface area contributed by atoms with Crippen LogP contribution in [0.15, 0.2) is 42.6 Å². The molecule has 1 amide bonds. The SMILES string of the molecule is O=C(Nc1nn(Cc2c(Cl)cccc2Cl)cc1Cl)c1cccc(Cl)c1Cl. The zero-order chi connectivity index (χ0) is 18.8. The third-order valence-corrected chi connectivity index (χ3v) is 5.33. The number of anilines is 1. The molecule has 0 atom stereocenters. The molecule has 0 fully saturated rings. The fourth-order valence-electron chi connectivity index (χ4n) is 2.26. The molecule has 2 aromatic carbocycles. The highest BCUT2D eigenvalue weighted by Crippen LogP contribution is 2.29. The fraction of sp³-hybridized carbons (Fsp3) is 0.0588. The van der Waals surface area contributed by atoms with E-state index in [0.717, 1.165) is 0 Å². The second-order valence-electron chi connectivity index (χ2n) is 5.28. The summed E-state index contributed by atoms with van der Waals surface area (Å²) in [6, 6.07) is 10.00. The molecule has 1 N–H and O–H groups in total. The Morgan fingerprint density at radius 3 is 2.23 bits per heavy atom.